The van der Waals surface area contributed by atoms with E-state index in [1.165, 1.54) is 31.6 Å². The zero-order valence-corrected chi connectivity index (χ0v) is 23.2. The molecule has 216 valence electrons. The minimum absolute atomic E-state index is 0.0363. The Hall–Kier alpha value is -4.00. The maximum Gasteiger partial charge on any atom is 0.417 e. The average molecular weight is 564 g/mol. The lowest BCUT2D eigenvalue weighted by molar-refractivity contribution is -0.115. The first kappa shape index (κ1) is 30.5. The number of hydrogen-bond acceptors (Lipinski definition) is 8. The minimum Gasteiger partial charge on any atom is -0.393 e. The molecular weight excluding hydrogens is 530 g/mol. The van der Waals surface area contributed by atoms with Crippen molar-refractivity contribution in [2.24, 2.45) is 0 Å². The maximum atomic E-state index is 15.6. The Labute approximate surface area is 230 Å². The molecule has 1 aliphatic rings. The highest BCUT2D eigenvalue weighted by molar-refractivity contribution is 6.09. The molecule has 0 saturated carbocycles. The largest absolute Gasteiger partial charge is 0.417 e. The molecule has 0 aliphatic carbocycles. The van der Waals surface area contributed by atoms with Crippen LogP contribution < -0.4 is 20.4 Å². The van der Waals surface area contributed by atoms with Gasteiger partial charge in [0, 0.05) is 76.0 Å². The molecule has 2 N–H and O–H groups in total. The summed E-state index contributed by atoms with van der Waals surface area (Å²) in [6.45, 7) is 4.98. The Bertz CT molecular complexity index is 1280. The van der Waals surface area contributed by atoms with Crippen LogP contribution in [0.1, 0.15) is 13.8 Å². The summed E-state index contributed by atoms with van der Waals surface area (Å²) in [6.07, 6.45) is -1.03. The summed E-state index contributed by atoms with van der Waals surface area (Å²) in [7, 11) is 6.80. The number of aldehydes is 1. The summed E-state index contributed by atoms with van der Waals surface area (Å²) in [4.78, 5) is 38.4. The number of carbonyl (C=O) groups excluding carboxylic acids is 2. The van der Waals surface area contributed by atoms with Crippen LogP contribution in [-0.4, -0.2) is 86.6 Å². The van der Waals surface area contributed by atoms with Crippen molar-refractivity contribution in [2.45, 2.75) is 32.1 Å². The van der Waals surface area contributed by atoms with Crippen molar-refractivity contribution in [1.29, 1.82) is 0 Å². The zero-order valence-electron chi connectivity index (χ0n) is 23.2. The van der Waals surface area contributed by atoms with Crippen molar-refractivity contribution in [2.75, 3.05) is 56.4 Å². The Kier molecular flexibility index (Phi) is 9.51. The van der Waals surface area contributed by atoms with E-state index in [1.54, 1.807) is 19.0 Å². The third-order valence-electron chi connectivity index (χ3n) is 6.75. The predicted molar refractivity (Wildman–Crippen MR) is 147 cm³/mol. The van der Waals surface area contributed by atoms with Crippen molar-refractivity contribution < 1.29 is 27.2 Å². The number of aromatic nitrogens is 2. The Morgan fingerprint density at radius 1 is 1.12 bits per heavy atom. The van der Waals surface area contributed by atoms with Gasteiger partial charge in [-0.25, -0.2) is 14.4 Å². The van der Waals surface area contributed by atoms with Crippen LogP contribution >= 0.6 is 0 Å². The first-order valence-corrected chi connectivity index (χ1v) is 12.5. The quantitative estimate of drug-likeness (QED) is 0.218. The van der Waals surface area contributed by atoms with Crippen LogP contribution in [0.15, 0.2) is 47.9 Å². The predicted octanol–water partition coefficient (Wildman–Crippen LogP) is 3.61. The maximum absolute atomic E-state index is 15.6. The number of nitrogens with one attached hydrogen (secondary N) is 2. The summed E-state index contributed by atoms with van der Waals surface area (Å²) in [5.74, 6) is -1.34. The number of allylic oxidation sites excluding steroid dienone is 1. The molecule has 1 saturated heterocycles. The van der Waals surface area contributed by atoms with Crippen molar-refractivity contribution in [3.8, 4) is 11.1 Å². The lowest BCUT2D eigenvalue weighted by Gasteiger charge is -2.44. The summed E-state index contributed by atoms with van der Waals surface area (Å²) in [5, 5.41) is 4.96. The van der Waals surface area contributed by atoms with Crippen molar-refractivity contribution in [3.63, 3.8) is 0 Å². The normalized spacial score (nSPS) is 18.9. The minimum atomic E-state index is -4.98. The van der Waals surface area contributed by atoms with Gasteiger partial charge in [-0.15, -0.1) is 0 Å². The van der Waals surface area contributed by atoms with Gasteiger partial charge in [-0.1, -0.05) is 0 Å². The number of amides is 1. The number of rotatable bonds is 8. The van der Waals surface area contributed by atoms with E-state index in [0.717, 1.165) is 6.20 Å². The molecule has 9 nitrogen and oxygen atoms in total. The van der Waals surface area contributed by atoms with Gasteiger partial charge in [0.15, 0.2) is 0 Å². The van der Waals surface area contributed by atoms with Crippen molar-refractivity contribution in [3.05, 3.63) is 53.8 Å². The van der Waals surface area contributed by atoms with Gasteiger partial charge in [-0.2, -0.15) is 13.2 Å². The Morgan fingerprint density at radius 2 is 1.73 bits per heavy atom. The van der Waals surface area contributed by atoms with Crippen LogP contribution in [-0.2, 0) is 9.59 Å². The molecule has 2 aromatic rings. The second kappa shape index (κ2) is 12.5. The molecule has 0 bridgehead atoms. The number of piperazine rings is 1. The fourth-order valence-corrected chi connectivity index (χ4v) is 4.44. The second-order valence-corrected chi connectivity index (χ2v) is 9.80. The number of benzene rings is 1. The summed E-state index contributed by atoms with van der Waals surface area (Å²) in [6, 6.07) is 2.77. The average Bonchev–Trinajstić information content (AvgIpc) is 2.89. The number of nitrogens with zero attached hydrogens (tertiary/aromatic N) is 5. The van der Waals surface area contributed by atoms with E-state index in [2.05, 4.69) is 25.5 Å². The molecule has 2 unspecified atom stereocenters. The third kappa shape index (κ3) is 6.76. The smallest absolute Gasteiger partial charge is 0.393 e. The van der Waals surface area contributed by atoms with Gasteiger partial charge in [-0.3, -0.25) is 14.5 Å². The van der Waals surface area contributed by atoms with Gasteiger partial charge in [0.2, 0.25) is 5.95 Å². The fourth-order valence-electron chi connectivity index (χ4n) is 4.44. The Balaban J connectivity index is 2.14. The van der Waals surface area contributed by atoms with Gasteiger partial charge in [0.05, 0.1) is 22.5 Å². The molecule has 1 aliphatic heterocycles. The van der Waals surface area contributed by atoms with E-state index in [1.807, 2.05) is 25.8 Å². The number of hydrogen-bond donors (Lipinski definition) is 2. The van der Waals surface area contributed by atoms with E-state index in [4.69, 9.17) is 0 Å². The molecule has 2 heterocycles. The third-order valence-corrected chi connectivity index (χ3v) is 6.75. The van der Waals surface area contributed by atoms with Crippen LogP contribution in [0.25, 0.3) is 11.1 Å². The number of alkyl halides is 3. The fraction of sp³-hybridized carbons (Fsp3) is 0.407. The topological polar surface area (TPSA) is 93.7 Å². The van der Waals surface area contributed by atoms with Gasteiger partial charge in [0.1, 0.15) is 12.1 Å². The lowest BCUT2D eigenvalue weighted by Crippen LogP contribution is -2.55. The molecule has 1 aromatic heterocycles. The summed E-state index contributed by atoms with van der Waals surface area (Å²) < 4.78 is 56.8. The highest BCUT2D eigenvalue weighted by Gasteiger charge is 2.39. The highest BCUT2D eigenvalue weighted by atomic mass is 19.4. The molecule has 2 atom stereocenters. The summed E-state index contributed by atoms with van der Waals surface area (Å²) >= 11 is 0. The number of halogens is 4. The van der Waals surface area contributed by atoms with Crippen LogP contribution in [0.4, 0.5) is 34.9 Å². The molecule has 3 rings (SSSR count). The SMILES string of the molecule is CN/C=C(C(=O)Nc1cc(-c2cnc(N(C)C)nc2)c(F)cc1N1CC(C)N(C)C(C)C1)\C(=C/C=O)C(F)(F)F. The molecule has 13 heteroatoms. The zero-order chi connectivity index (χ0) is 29.8. The molecule has 40 heavy (non-hydrogen) atoms. The van der Waals surface area contributed by atoms with Crippen molar-refractivity contribution >= 4 is 29.5 Å². The van der Waals surface area contributed by atoms with Crippen molar-refractivity contribution in [1.82, 2.24) is 20.2 Å². The van der Waals surface area contributed by atoms with Crippen LogP contribution in [0.3, 0.4) is 0 Å². The number of anilines is 3. The van der Waals surface area contributed by atoms with Crippen LogP contribution in [0, 0.1) is 5.82 Å². The van der Waals surface area contributed by atoms with Gasteiger partial charge < -0.3 is 20.4 Å². The van der Waals surface area contributed by atoms with E-state index in [-0.39, 0.29) is 35.7 Å². The van der Waals surface area contributed by atoms with E-state index >= 15 is 4.39 Å². The molecule has 1 amide bonds. The Morgan fingerprint density at radius 3 is 2.23 bits per heavy atom. The van der Waals surface area contributed by atoms with Gasteiger partial charge in [0.25, 0.3) is 5.91 Å². The van der Waals surface area contributed by atoms with E-state index < -0.39 is 29.0 Å². The molecule has 1 aromatic carbocycles. The van der Waals surface area contributed by atoms with E-state index in [9.17, 15) is 22.8 Å². The monoisotopic (exact) mass is 563 g/mol. The van der Waals surface area contributed by atoms with Crippen LogP contribution in [0.5, 0.6) is 0 Å². The molecular formula is C27H33F4N7O2. The van der Waals surface area contributed by atoms with E-state index in [0.29, 0.717) is 30.3 Å². The number of carbonyl (C=O) groups is 2. The molecule has 1 fully saturated rings. The standard InChI is InChI=1S/C27H33F4N7O2/c1-16-14-38(15-17(2)37(16)6)24-10-22(28)19(18-11-33-26(34-12-18)36(4)5)9-23(24)35-25(40)20(13-32-3)21(7-8-39)27(29,30)31/h7-13,16-17,32H,14-15H2,1-6H3,(H,35,40)/b20-13+,21-7+. The van der Waals surface area contributed by atoms with Gasteiger partial charge in [-0.05, 0) is 39.1 Å². The number of likely N-dealkylation sites (N-methyl/N-ethyl adjacent to an activating group) is 1. The summed E-state index contributed by atoms with van der Waals surface area (Å²) in [5.41, 5.74) is -1.46. The second-order valence-electron chi connectivity index (χ2n) is 9.80. The first-order valence-electron chi connectivity index (χ1n) is 12.5. The molecule has 0 radical (unpaired) electrons. The lowest BCUT2D eigenvalue weighted by atomic mass is 10.0. The first-order chi connectivity index (χ1) is 18.8. The van der Waals surface area contributed by atoms with Crippen LogP contribution in [0.2, 0.25) is 0 Å². The van der Waals surface area contributed by atoms with Gasteiger partial charge >= 0.3 is 6.18 Å². The molecule has 0 spiro atoms. The highest BCUT2D eigenvalue weighted by Crippen LogP contribution is 2.37.